The molecule has 7 N–H and O–H groups in total. The summed E-state index contributed by atoms with van der Waals surface area (Å²) in [6.45, 7) is 0. The third-order valence-electron chi connectivity index (χ3n) is 6.12. The molecule has 1 aliphatic rings. The maximum atomic E-state index is 13.3. The van der Waals surface area contributed by atoms with E-state index in [-0.39, 0.29) is 145 Å². The number of phenolic OH excluding ortho intramolecular Hbond substituents is 1. The number of benzene rings is 3. The number of rotatable bonds is 9. The van der Waals surface area contributed by atoms with Gasteiger partial charge in [-0.05, 0) is 77.8 Å². The second kappa shape index (κ2) is 18.7. The van der Waals surface area contributed by atoms with Crippen LogP contribution < -0.4 is 105 Å². The van der Waals surface area contributed by atoms with Crippen molar-refractivity contribution < 1.29 is 155 Å². The van der Waals surface area contributed by atoms with E-state index in [4.69, 9.17) is 11.6 Å². The van der Waals surface area contributed by atoms with Crippen LogP contribution >= 0.6 is 11.6 Å². The summed E-state index contributed by atoms with van der Waals surface area (Å²) in [6, 6.07) is 11.6. The number of hydrogen-bond acceptors (Lipinski definition) is 15. The Kier molecular flexibility index (Phi) is 17.4. The SMILES string of the molecule is O=C1/C(=N/Nc2cc(S(=O)(=O)O)ccc2O)C(S(=O)(=O)O)=Cc2cc(Nc3nc(Cl)nc(Nc4cccc(S(=O)(=O)O)c4)n3)ccc21.[Cu].[Na+].[Na+].[Na+]. The summed E-state index contributed by atoms with van der Waals surface area (Å²) in [6.07, 6.45) is 0.932. The Morgan fingerprint density at radius 2 is 1.27 bits per heavy atom. The summed E-state index contributed by atoms with van der Waals surface area (Å²) in [5.74, 6) is -1.83. The van der Waals surface area contributed by atoms with E-state index >= 15 is 0 Å². The van der Waals surface area contributed by atoms with E-state index in [2.05, 4.69) is 36.1 Å². The first-order valence-corrected chi connectivity index (χ1v) is 17.1. The molecule has 26 heteroatoms. The zero-order valence-electron chi connectivity index (χ0n) is 26.2. The minimum atomic E-state index is -5.08. The van der Waals surface area contributed by atoms with E-state index in [0.717, 1.165) is 36.4 Å². The Bertz CT molecular complexity index is 2390. The van der Waals surface area contributed by atoms with Crippen LogP contribution in [-0.4, -0.2) is 70.5 Å². The van der Waals surface area contributed by atoms with E-state index < -0.39 is 68.0 Å². The third kappa shape index (κ3) is 12.0. The fraction of sp³-hybridized carbons (Fsp3) is 0. The summed E-state index contributed by atoms with van der Waals surface area (Å²) in [4.78, 5) is 23.3. The quantitative estimate of drug-likeness (QED) is 0.0357. The van der Waals surface area contributed by atoms with Gasteiger partial charge in [0.25, 0.3) is 30.4 Å². The van der Waals surface area contributed by atoms with Gasteiger partial charge in [0.2, 0.25) is 23.0 Å². The normalized spacial score (nSPS) is 13.2. The van der Waals surface area contributed by atoms with Crippen LogP contribution in [0.25, 0.3) is 6.08 Å². The Hall–Kier alpha value is -1.51. The topological polar surface area (TPSA) is 288 Å². The van der Waals surface area contributed by atoms with Crippen molar-refractivity contribution in [2.75, 3.05) is 16.1 Å². The molecule has 0 fully saturated rings. The standard InChI is InChI=1S/C25H18ClN7O11S3.Cu.3Na/c26-23-29-24(27-13-2-1-3-15(10-13)45(36,37)38)31-25(30-23)28-14-4-6-17-12(8-14)9-20(47(42,43)44)21(22(17)35)33-32-18-11-16(46(39,40)41)5-7-19(18)34;;;;/h1-11,32,34H,(H,36,37,38)(H,39,40,41)(H,42,43,44)(H2,27,28,29,30,31);;;;/q;;3*+1/b33-21+;;;;. The fourth-order valence-electron chi connectivity index (χ4n) is 4.05. The molecule has 0 spiro atoms. The van der Waals surface area contributed by atoms with Crippen molar-refractivity contribution in [3.63, 3.8) is 0 Å². The molecular formula is C25H18ClCuN7Na3O11S3+3. The van der Waals surface area contributed by atoms with Crippen LogP contribution in [0.4, 0.5) is 29.0 Å². The van der Waals surface area contributed by atoms with Crippen molar-refractivity contribution in [2.24, 2.45) is 5.10 Å². The van der Waals surface area contributed by atoms with E-state index in [1.807, 2.05) is 0 Å². The first kappa shape index (κ1) is 47.5. The number of fused-ring (bicyclic) bond motifs is 1. The van der Waals surface area contributed by atoms with E-state index in [1.165, 1.54) is 30.3 Å². The molecule has 0 saturated carbocycles. The zero-order valence-corrected chi connectivity index (χ0v) is 36.3. The molecule has 18 nitrogen and oxygen atoms in total. The van der Waals surface area contributed by atoms with Crippen molar-refractivity contribution in [1.29, 1.82) is 0 Å². The first-order chi connectivity index (χ1) is 21.9. The van der Waals surface area contributed by atoms with Crippen LogP contribution in [0.15, 0.2) is 80.5 Å². The van der Waals surface area contributed by atoms with Gasteiger partial charge in [0.1, 0.15) is 10.7 Å². The van der Waals surface area contributed by atoms with Gasteiger partial charge in [0.05, 0.1) is 15.5 Å². The number of allylic oxidation sites excluding steroid dienone is 1. The number of halogens is 1. The van der Waals surface area contributed by atoms with Crippen LogP contribution in [0.5, 0.6) is 5.75 Å². The molecule has 0 saturated heterocycles. The van der Waals surface area contributed by atoms with Crippen molar-refractivity contribution in [1.82, 2.24) is 15.0 Å². The summed E-state index contributed by atoms with van der Waals surface area (Å²) < 4.78 is 98.7. The van der Waals surface area contributed by atoms with Crippen LogP contribution in [0.2, 0.25) is 5.28 Å². The van der Waals surface area contributed by atoms with Gasteiger partial charge in [0.15, 0.2) is 5.71 Å². The molecule has 1 radical (unpaired) electrons. The maximum absolute atomic E-state index is 13.3. The van der Waals surface area contributed by atoms with Crippen LogP contribution in [0.1, 0.15) is 15.9 Å². The maximum Gasteiger partial charge on any atom is 1.00 e. The van der Waals surface area contributed by atoms with Gasteiger partial charge in [-0.1, -0.05) is 6.07 Å². The van der Waals surface area contributed by atoms with Crippen molar-refractivity contribution in [3.8, 4) is 5.75 Å². The van der Waals surface area contributed by atoms with Crippen LogP contribution in [0, 0.1) is 0 Å². The number of carbonyl (C=O) groups is 1. The minimum Gasteiger partial charge on any atom is -0.506 e. The van der Waals surface area contributed by atoms with Gasteiger partial charge in [0, 0.05) is 34.0 Å². The number of nitrogens with zero attached hydrogens (tertiary/aromatic N) is 4. The smallest absolute Gasteiger partial charge is 0.506 e. The van der Waals surface area contributed by atoms with E-state index in [1.54, 1.807) is 0 Å². The summed E-state index contributed by atoms with van der Waals surface area (Å²) in [5, 5.41) is 18.9. The monoisotopic (exact) mass is 855 g/mol. The van der Waals surface area contributed by atoms with Gasteiger partial charge >= 0.3 is 88.7 Å². The number of carbonyl (C=O) groups excluding carboxylic acids is 1. The third-order valence-corrected chi connectivity index (χ3v) is 8.85. The Morgan fingerprint density at radius 1 is 0.706 bits per heavy atom. The molecule has 5 rings (SSSR count). The molecular weight excluding hydrogens is 838 g/mol. The largest absolute Gasteiger partial charge is 1.00 e. The van der Waals surface area contributed by atoms with E-state index in [9.17, 15) is 48.8 Å². The van der Waals surface area contributed by atoms with E-state index in [0.29, 0.717) is 0 Å². The number of hydrazone groups is 1. The number of nitrogens with one attached hydrogen (secondary N) is 3. The zero-order chi connectivity index (χ0) is 34.3. The number of ketones is 1. The second-order valence-electron chi connectivity index (χ2n) is 9.35. The number of aromatic nitrogens is 3. The number of phenols is 1. The number of hydrogen-bond donors (Lipinski definition) is 7. The molecule has 1 heterocycles. The summed E-state index contributed by atoms with van der Waals surface area (Å²) >= 11 is 6.02. The van der Waals surface area contributed by atoms with Crippen molar-refractivity contribution in [3.05, 3.63) is 82.0 Å². The van der Waals surface area contributed by atoms with Gasteiger partial charge in [-0.3, -0.25) is 23.9 Å². The molecule has 0 aliphatic heterocycles. The Morgan fingerprint density at radius 3 is 1.84 bits per heavy atom. The molecule has 3 aromatic carbocycles. The number of Topliss-reactive ketones (excluding diaryl/α,β-unsaturated/α-hetero) is 1. The number of aromatic hydroxyl groups is 1. The average molecular weight is 857 g/mol. The number of anilines is 5. The van der Waals surface area contributed by atoms with Gasteiger partial charge < -0.3 is 15.7 Å². The summed E-state index contributed by atoms with van der Waals surface area (Å²) in [5.41, 5.74) is 1.25. The van der Waals surface area contributed by atoms with Crippen LogP contribution in [-0.2, 0) is 47.4 Å². The second-order valence-corrected chi connectivity index (χ2v) is 13.9. The van der Waals surface area contributed by atoms with Gasteiger partial charge in [-0.2, -0.15) is 45.3 Å². The molecule has 255 valence electrons. The fourth-order valence-corrected chi connectivity index (χ4v) is 5.91. The average Bonchev–Trinajstić information content (AvgIpc) is 2.95. The minimum absolute atomic E-state index is 0. The van der Waals surface area contributed by atoms with Gasteiger partial charge in [-0.15, -0.1) is 0 Å². The molecule has 0 atom stereocenters. The Labute approximate surface area is 372 Å². The predicted molar refractivity (Wildman–Crippen MR) is 167 cm³/mol. The molecule has 1 aliphatic carbocycles. The molecule has 0 amide bonds. The molecule has 51 heavy (non-hydrogen) atoms. The first-order valence-electron chi connectivity index (χ1n) is 12.4. The molecule has 0 unspecified atom stereocenters. The molecule has 4 aromatic rings. The predicted octanol–water partition coefficient (Wildman–Crippen LogP) is -5.89. The Balaban J connectivity index is 0.00000325. The van der Waals surface area contributed by atoms with Crippen LogP contribution in [0.3, 0.4) is 0 Å². The molecule has 0 bridgehead atoms. The summed E-state index contributed by atoms with van der Waals surface area (Å²) in [7, 11) is -14.3. The molecule has 1 aromatic heterocycles. The van der Waals surface area contributed by atoms with Crippen molar-refractivity contribution in [2.45, 2.75) is 9.79 Å². The van der Waals surface area contributed by atoms with Gasteiger partial charge in [-0.25, -0.2) is 0 Å². The van der Waals surface area contributed by atoms with Crippen molar-refractivity contribution >= 4 is 88.5 Å².